The number of carboxylic acids is 2. The minimum Gasteiger partial charge on any atom is -1.00 e. The van der Waals surface area contributed by atoms with Crippen LogP contribution in [-0.2, 0) is 61.5 Å². The van der Waals surface area contributed by atoms with Crippen LogP contribution >= 0.6 is 0 Å². The summed E-state index contributed by atoms with van der Waals surface area (Å²) >= 11 is 0. The maximum absolute atomic E-state index is 12.8. The van der Waals surface area contributed by atoms with Crippen molar-refractivity contribution in [2.75, 3.05) is 7.05 Å². The van der Waals surface area contributed by atoms with Gasteiger partial charge in [-0.3, -0.25) is 28.8 Å². The lowest BCUT2D eigenvalue weighted by atomic mass is 9.43. The van der Waals surface area contributed by atoms with Crippen molar-refractivity contribution >= 4 is 69.6 Å². The van der Waals surface area contributed by atoms with Crippen molar-refractivity contribution in [2.45, 2.75) is 353 Å². The minimum atomic E-state index is -5.19. The van der Waals surface area contributed by atoms with Crippen LogP contribution in [-0.4, -0.2) is 163 Å². The van der Waals surface area contributed by atoms with Crippen LogP contribution in [0, 0.1) is 75.4 Å². The van der Waals surface area contributed by atoms with Crippen molar-refractivity contribution in [2.24, 2.45) is 86.9 Å². The molecule has 16 fully saturated rings. The highest BCUT2D eigenvalue weighted by molar-refractivity contribution is 6.48. The Bertz CT molecular complexity index is 3010. The number of Topliss-reactive ketones (excluding diaryl/α,β-unsaturated/α-hetero) is 3. The van der Waals surface area contributed by atoms with Crippen LogP contribution < -0.4 is 44.9 Å². The number of hydrogen-bond acceptors (Lipinski definition) is 19. The summed E-state index contributed by atoms with van der Waals surface area (Å²) in [6.45, 7) is 30.7. The van der Waals surface area contributed by atoms with E-state index in [1.807, 2.05) is 0 Å². The van der Waals surface area contributed by atoms with E-state index in [9.17, 15) is 52.0 Å². The monoisotopic (exact) mass is 1520 g/mol. The predicted octanol–water partition coefficient (Wildman–Crippen LogP) is 6.60. The molecule has 16 rings (SSSR count). The summed E-state index contributed by atoms with van der Waals surface area (Å²) < 4.78 is 70.5. The zero-order chi connectivity index (χ0) is 78.0. The number of ketones is 3. The van der Waals surface area contributed by atoms with Gasteiger partial charge < -0.3 is 92.8 Å². The third-order valence-electron chi connectivity index (χ3n) is 28.6. The normalized spacial score (nSPS) is 33.6. The molecule has 10 N–H and O–H groups in total. The van der Waals surface area contributed by atoms with Gasteiger partial charge >= 0.3 is 40.6 Å². The first-order valence-corrected chi connectivity index (χ1v) is 39.9. The molecule has 16 aliphatic rings. The second-order valence-corrected chi connectivity index (χ2v) is 36.8. The fourth-order valence-electron chi connectivity index (χ4n) is 20.1. The van der Waals surface area contributed by atoms with Crippen LogP contribution in [0.4, 0.5) is 13.2 Å². The van der Waals surface area contributed by atoms with Gasteiger partial charge in [-0.1, -0.05) is 119 Å². The topological polar surface area (TPSA) is 347 Å². The molecule has 0 aromatic heterocycles. The molecule has 0 radical (unpaired) electrons. The molecule has 3 aliphatic heterocycles. The highest BCUT2D eigenvalue weighted by Crippen LogP contribution is 2.69. The summed E-state index contributed by atoms with van der Waals surface area (Å²) in [6.07, 6.45) is 22.6. The third kappa shape index (κ3) is 20.8. The van der Waals surface area contributed by atoms with Crippen LogP contribution in [0.3, 0.4) is 0 Å². The van der Waals surface area contributed by atoms with Gasteiger partial charge in [-0.15, -0.1) is 0 Å². The van der Waals surface area contributed by atoms with E-state index in [0.717, 1.165) is 81.0 Å². The summed E-state index contributed by atoms with van der Waals surface area (Å²) in [7, 11) is -0.536. The number of alkyl halides is 3. The fourth-order valence-corrected chi connectivity index (χ4v) is 20.1. The number of carboxylic acid groups (broad SMARTS) is 2. The lowest BCUT2D eigenvalue weighted by molar-refractivity contribution is -0.344. The zero-order valence-electron chi connectivity index (χ0n) is 66.3. The number of aliphatic carboxylic acids is 2. The molecule has 22 nitrogen and oxygen atoms in total. The van der Waals surface area contributed by atoms with Crippen molar-refractivity contribution in [3.8, 4) is 0 Å². The van der Waals surface area contributed by atoms with Gasteiger partial charge in [0.25, 0.3) is 0 Å². The molecular formula is C76H129B4ClF3N5O17-2. The van der Waals surface area contributed by atoms with E-state index in [-0.39, 0.29) is 122 Å². The van der Waals surface area contributed by atoms with Crippen molar-refractivity contribution < 1.29 is 107 Å². The Balaban J connectivity index is 0.000000187. The number of halogens is 4. The first-order chi connectivity index (χ1) is 48.8. The number of nitrogens with two attached hydrogens (primary N) is 2. The molecule has 13 aliphatic carbocycles. The Labute approximate surface area is 637 Å². The smallest absolute Gasteiger partial charge is 0.475 e. The van der Waals surface area contributed by atoms with Crippen LogP contribution in [0.25, 0.3) is 0 Å². The lowest BCUT2D eigenvalue weighted by Gasteiger charge is -2.64. The largest absolute Gasteiger partial charge is 1.00 e. The molecule has 2 amide bonds. The van der Waals surface area contributed by atoms with Gasteiger partial charge in [-0.2, -0.15) is 13.2 Å². The molecule has 20 atom stereocenters. The number of amides is 2. The molecule has 6 bridgehead atoms. The fraction of sp³-hybridized carbons (Fsp3) is 0.908. The molecule has 3 saturated heterocycles. The van der Waals surface area contributed by atoms with Gasteiger partial charge in [-0.05, 0) is 195 Å². The van der Waals surface area contributed by atoms with Gasteiger partial charge in [-0.25, -0.2) is 0 Å². The lowest BCUT2D eigenvalue weighted by Crippen LogP contribution is -3.00. The van der Waals surface area contributed by atoms with E-state index in [4.69, 9.17) is 54.4 Å². The highest BCUT2D eigenvalue weighted by atomic mass is 35.5. The number of carbonyl (C=O) groups is 7. The average Bonchev–Trinajstić information content (AvgIpc) is 1.44. The van der Waals surface area contributed by atoms with E-state index in [1.165, 1.54) is 97.3 Å². The summed E-state index contributed by atoms with van der Waals surface area (Å²) in [5, 5.41) is 43.3. The van der Waals surface area contributed by atoms with E-state index in [1.54, 1.807) is 34.7 Å². The van der Waals surface area contributed by atoms with E-state index in [2.05, 4.69) is 78.3 Å². The summed E-state index contributed by atoms with van der Waals surface area (Å²) in [5.41, 5.74) is 12.8. The van der Waals surface area contributed by atoms with E-state index >= 15 is 0 Å². The minimum absolute atomic E-state index is 0. The van der Waals surface area contributed by atoms with Gasteiger partial charge in [0.05, 0.1) is 53.2 Å². The van der Waals surface area contributed by atoms with Crippen molar-refractivity contribution in [1.29, 1.82) is 0 Å². The number of carbonyl (C=O) groups excluding carboxylic acids is 6. The van der Waals surface area contributed by atoms with Gasteiger partial charge in [0.1, 0.15) is 17.8 Å². The molecule has 0 aromatic rings. The Hall–Kier alpha value is -3.21. The first-order valence-electron chi connectivity index (χ1n) is 39.9. The molecule has 0 aromatic carbocycles. The van der Waals surface area contributed by atoms with Crippen molar-refractivity contribution in [3.63, 3.8) is 0 Å². The van der Waals surface area contributed by atoms with Crippen LogP contribution in [0.1, 0.15) is 264 Å². The van der Waals surface area contributed by atoms with Crippen molar-refractivity contribution in [3.05, 3.63) is 0 Å². The van der Waals surface area contributed by atoms with Gasteiger partial charge in [0.2, 0.25) is 11.8 Å². The molecule has 13 saturated carbocycles. The Morgan fingerprint density at radius 3 is 1.10 bits per heavy atom. The molecule has 106 heavy (non-hydrogen) atoms. The number of likely N-dealkylation sites (N-methyl/N-ethyl adjacent to an activating group) is 1. The maximum atomic E-state index is 12.8. The zero-order valence-corrected chi connectivity index (χ0v) is 67.1. The van der Waals surface area contributed by atoms with Gasteiger partial charge in [0.15, 0.2) is 11.6 Å². The van der Waals surface area contributed by atoms with E-state index < -0.39 is 55.2 Å². The second kappa shape index (κ2) is 36.3. The summed E-state index contributed by atoms with van der Waals surface area (Å²) in [5.74, 6) is 2.50. The molecule has 4 unspecified atom stereocenters. The van der Waals surface area contributed by atoms with E-state index in [0.29, 0.717) is 65.1 Å². The summed E-state index contributed by atoms with van der Waals surface area (Å²) in [6, 6.07) is -1.84. The van der Waals surface area contributed by atoms with Crippen LogP contribution in [0.5, 0.6) is 0 Å². The SMILES string of the molecule is CC(=O)NC(C)C(=O)C[C@@H](CC1CCC1)B(O)O.CC(=O)NC(C)C(=O)C[C@@H](CC1CCC1)B1O[C@@H]2C[C@@H]3C[C@@H](C3(C)C)[C@]2(C)O1.CC(N)C(=O)C[C@@H](CC1CCC1)B1O[C@@H]2C[C@@H]3C[C@@H](C3(C)C)[C@]2(C)O1.CC1(C)[C@@H]2C[C@H]3OB([C@@H](N)CC4CCC4)O[C@@]3(C)[C@H]1C2.CNC(C)C(=O)O.O=C([O-])C(F)(F)F.[Cl-]. The second-order valence-electron chi connectivity index (χ2n) is 36.8. The first kappa shape index (κ1) is 90.0. The van der Waals surface area contributed by atoms with Crippen LogP contribution in [0.15, 0.2) is 0 Å². The van der Waals surface area contributed by atoms with Crippen molar-refractivity contribution in [1.82, 2.24) is 16.0 Å². The number of nitrogens with one attached hydrogen (secondary N) is 3. The third-order valence-corrected chi connectivity index (χ3v) is 28.6. The maximum Gasteiger partial charge on any atom is 0.475 e. The quantitative estimate of drug-likeness (QED) is 0.0446. The highest BCUT2D eigenvalue weighted by Gasteiger charge is 2.71. The Morgan fingerprint density at radius 1 is 0.519 bits per heavy atom. The molecule has 602 valence electrons. The number of hydrogen-bond donors (Lipinski definition) is 8. The standard InChI is InChI=1S/C22H36BNO4.C20H34BNO3.C16H28BNO2.C12H22BNO4.C4H9NO2.C2HF3O2.ClH/c1-13(24-14(2)25)18(26)12-17(9-15-7-6-8-15)23-27-20-11-16-10-19(21(16,3)4)22(20,5)28-23;1-12(22)16(23)11-15(8-13-6-5-7-13)21-24-18-10-14-9-17(19(14,2)3)20(18,4)25-21;1-15(2)11-8-12(15)16(3)13(9-11)19-17(20-16)14(18)7-10-5-4-6-10;1-8(14-9(2)15)12(16)7-11(13(17)18)6-10-4-3-5-10;1-3(5-2)4(6)7;3-2(4,5)1(6)7;/h13,15-17,19-20H,6-12H2,1-5H3,(H,24,25);12-15,17-18H,5-11,22H2,1-4H3;10-14H,4-9,18H2,1-3H3;8,10-11,17-18H,3-7H2,1-2H3,(H,14,15);3,5H,1-2H3,(H,6,7);(H,6,7);1H/p-2/t13?,16-,17+,19-,20+,22-;12?,14-,15+,17-,18+,20-;11-,12-,13+,14-,16-;8?,11-;;;/m0001.../s1. The molecule has 0 spiro atoms. The number of rotatable bonds is 25. The van der Waals surface area contributed by atoms with Gasteiger partial charge in [0, 0.05) is 56.5 Å². The average molecular weight is 1520 g/mol. The predicted molar refractivity (Wildman–Crippen MR) is 394 cm³/mol. The summed E-state index contributed by atoms with van der Waals surface area (Å²) in [4.78, 5) is 77.8. The Morgan fingerprint density at radius 2 is 0.830 bits per heavy atom. The molecular weight excluding hydrogens is 1390 g/mol. The Kier molecular flexibility index (Phi) is 30.8. The molecule has 30 heteroatoms. The van der Waals surface area contributed by atoms with Crippen LogP contribution in [0.2, 0.25) is 17.5 Å². The molecule has 3 heterocycles.